The summed E-state index contributed by atoms with van der Waals surface area (Å²) in [5, 5.41) is 6.21. The van der Waals surface area contributed by atoms with Crippen LogP contribution in [0, 0.1) is 11.7 Å². The Morgan fingerprint density at radius 1 is 1.03 bits per heavy atom. The number of halogens is 7. The number of carbonyl (C=O) groups is 1. The Bertz CT molecular complexity index is 1230. The van der Waals surface area contributed by atoms with Crippen molar-refractivity contribution in [3.05, 3.63) is 59.2 Å². The molecular weight excluding hydrogens is 497 g/mol. The third-order valence-electron chi connectivity index (χ3n) is 6.23. The summed E-state index contributed by atoms with van der Waals surface area (Å²) in [6.07, 6.45) is -8.74. The topological polar surface area (TPSA) is 88.5 Å². The molecule has 1 atom stereocenters. The number of carbonyl (C=O) groups excluding carboxylic acids is 1. The van der Waals surface area contributed by atoms with Crippen LogP contribution in [0.5, 0.6) is 0 Å². The van der Waals surface area contributed by atoms with Gasteiger partial charge in [0.05, 0.1) is 0 Å². The highest BCUT2D eigenvalue weighted by Gasteiger charge is 2.37. The highest BCUT2D eigenvalue weighted by molar-refractivity contribution is 5.72. The number of hydrogen-bond acceptors (Lipinski definition) is 4. The van der Waals surface area contributed by atoms with Gasteiger partial charge in [0.1, 0.15) is 11.6 Å². The van der Waals surface area contributed by atoms with Gasteiger partial charge in [-0.25, -0.2) is 14.2 Å². The number of nitrogens with two attached hydrogens (primary N) is 1. The van der Waals surface area contributed by atoms with Crippen molar-refractivity contribution in [1.82, 2.24) is 19.5 Å². The number of alkyl halides is 6. The number of likely N-dealkylation sites (tertiary alicyclic amines) is 1. The molecule has 1 aromatic carbocycles. The lowest BCUT2D eigenvalue weighted by atomic mass is 9.80. The standard InChI is InChI=1S/C22H21F7N6O/c23-14-3-1-12(2-4-14)15(13-5-7-34(8-6-13)20(30)36)11-31-18-9-16(21(24,25)26)32-19-10-17(22(27,28)29)33-35(18)19/h1-4,9-10,13,15,31H,5-8,11H2,(H2,30,36). The van der Waals surface area contributed by atoms with Crippen molar-refractivity contribution in [1.29, 1.82) is 0 Å². The van der Waals surface area contributed by atoms with E-state index in [1.165, 1.54) is 17.0 Å². The van der Waals surface area contributed by atoms with E-state index in [0.717, 1.165) is 0 Å². The molecule has 36 heavy (non-hydrogen) atoms. The number of fused-ring (bicyclic) bond motifs is 1. The van der Waals surface area contributed by atoms with Crippen LogP contribution in [0.25, 0.3) is 5.65 Å². The summed E-state index contributed by atoms with van der Waals surface area (Å²) in [6.45, 7) is 0.734. The first-order valence-electron chi connectivity index (χ1n) is 10.9. The molecular formula is C22H21F7N6O. The minimum atomic E-state index is -4.90. The second-order valence-corrected chi connectivity index (χ2v) is 8.52. The monoisotopic (exact) mass is 518 g/mol. The molecule has 1 unspecified atom stereocenters. The van der Waals surface area contributed by atoms with Crippen LogP contribution < -0.4 is 11.1 Å². The summed E-state index contributed by atoms with van der Waals surface area (Å²) in [6, 6.07) is 6.05. The molecule has 0 bridgehead atoms. The average molecular weight is 518 g/mol. The van der Waals surface area contributed by atoms with Crippen LogP contribution in [0.3, 0.4) is 0 Å². The highest BCUT2D eigenvalue weighted by Crippen LogP contribution is 2.36. The van der Waals surface area contributed by atoms with Gasteiger partial charge in [-0.1, -0.05) is 12.1 Å². The molecule has 3 N–H and O–H groups in total. The number of rotatable bonds is 5. The van der Waals surface area contributed by atoms with Gasteiger partial charge in [-0.3, -0.25) is 0 Å². The SMILES string of the molecule is NC(=O)N1CCC(C(CNc2cc(C(F)(F)F)nc3cc(C(F)(F)F)nn23)c2ccc(F)cc2)CC1. The van der Waals surface area contributed by atoms with Crippen LogP contribution in [0.15, 0.2) is 36.4 Å². The fraction of sp³-hybridized carbons (Fsp3) is 0.409. The number of urea groups is 1. The van der Waals surface area contributed by atoms with E-state index in [0.29, 0.717) is 48.1 Å². The normalized spacial score (nSPS) is 16.4. The number of hydrogen-bond donors (Lipinski definition) is 2. The van der Waals surface area contributed by atoms with Crippen molar-refractivity contribution in [2.75, 3.05) is 25.0 Å². The third kappa shape index (κ3) is 5.46. The highest BCUT2D eigenvalue weighted by atomic mass is 19.4. The van der Waals surface area contributed by atoms with E-state index >= 15 is 0 Å². The average Bonchev–Trinajstić information content (AvgIpc) is 3.25. The predicted molar refractivity (Wildman–Crippen MR) is 115 cm³/mol. The van der Waals surface area contributed by atoms with Crippen LogP contribution >= 0.6 is 0 Å². The Labute approximate surface area is 200 Å². The van der Waals surface area contributed by atoms with E-state index in [1.54, 1.807) is 12.1 Å². The van der Waals surface area contributed by atoms with Crippen molar-refractivity contribution in [2.45, 2.75) is 31.1 Å². The molecule has 1 saturated heterocycles. The van der Waals surface area contributed by atoms with Crippen molar-refractivity contribution in [3.63, 3.8) is 0 Å². The Morgan fingerprint density at radius 2 is 1.64 bits per heavy atom. The molecule has 1 fully saturated rings. The summed E-state index contributed by atoms with van der Waals surface area (Å²) in [4.78, 5) is 16.2. The molecule has 2 amide bonds. The molecule has 1 aliphatic heterocycles. The Morgan fingerprint density at radius 3 is 2.19 bits per heavy atom. The molecule has 0 spiro atoms. The van der Waals surface area contributed by atoms with Crippen LogP contribution in [-0.2, 0) is 12.4 Å². The number of piperidine rings is 1. The first-order valence-corrected chi connectivity index (χ1v) is 10.9. The van der Waals surface area contributed by atoms with Crippen molar-refractivity contribution >= 4 is 17.5 Å². The smallest absolute Gasteiger partial charge is 0.369 e. The molecule has 0 saturated carbocycles. The lowest BCUT2D eigenvalue weighted by Crippen LogP contribution is -2.43. The second-order valence-electron chi connectivity index (χ2n) is 8.52. The Balaban J connectivity index is 1.67. The van der Waals surface area contributed by atoms with Gasteiger partial charge in [-0.2, -0.15) is 36.0 Å². The van der Waals surface area contributed by atoms with Crippen LogP contribution in [-0.4, -0.2) is 45.2 Å². The molecule has 14 heteroatoms. The van der Waals surface area contributed by atoms with Crippen LogP contribution in [0.1, 0.15) is 35.7 Å². The zero-order valence-electron chi connectivity index (χ0n) is 18.6. The number of nitrogens with one attached hydrogen (secondary N) is 1. The third-order valence-corrected chi connectivity index (χ3v) is 6.23. The summed E-state index contributed by atoms with van der Waals surface area (Å²) in [7, 11) is 0. The van der Waals surface area contributed by atoms with Gasteiger partial charge in [-0.15, -0.1) is 0 Å². The zero-order valence-corrected chi connectivity index (χ0v) is 18.6. The van der Waals surface area contributed by atoms with E-state index in [2.05, 4.69) is 15.4 Å². The first-order chi connectivity index (χ1) is 16.8. The van der Waals surface area contributed by atoms with Gasteiger partial charge >= 0.3 is 18.4 Å². The first kappa shape index (κ1) is 25.5. The lowest BCUT2D eigenvalue weighted by molar-refractivity contribution is -0.142. The second kappa shape index (κ2) is 9.47. The van der Waals surface area contributed by atoms with E-state index in [-0.39, 0.29) is 24.2 Å². The molecule has 0 aliphatic carbocycles. The summed E-state index contributed by atoms with van der Waals surface area (Å²) < 4.78 is 94.0. The van der Waals surface area contributed by atoms with E-state index in [4.69, 9.17) is 5.73 Å². The minimum Gasteiger partial charge on any atom is -0.369 e. The maximum Gasteiger partial charge on any atom is 0.435 e. The van der Waals surface area contributed by atoms with Crippen molar-refractivity contribution in [2.24, 2.45) is 11.7 Å². The molecule has 0 radical (unpaired) electrons. The van der Waals surface area contributed by atoms with Gasteiger partial charge in [-0.05, 0) is 36.5 Å². The Kier molecular flexibility index (Phi) is 6.71. The minimum absolute atomic E-state index is 0.00446. The van der Waals surface area contributed by atoms with Crippen LogP contribution in [0.2, 0.25) is 0 Å². The van der Waals surface area contributed by atoms with Crippen molar-refractivity contribution in [3.8, 4) is 0 Å². The summed E-state index contributed by atoms with van der Waals surface area (Å²) in [5.74, 6) is -1.24. The molecule has 194 valence electrons. The number of anilines is 1. The van der Waals surface area contributed by atoms with E-state index in [9.17, 15) is 35.5 Å². The number of amides is 2. The Hall–Kier alpha value is -3.58. The van der Waals surface area contributed by atoms with Gasteiger partial charge in [0, 0.05) is 37.7 Å². The number of primary amides is 1. The maximum absolute atomic E-state index is 13.5. The largest absolute Gasteiger partial charge is 0.435 e. The van der Waals surface area contributed by atoms with Crippen molar-refractivity contribution < 1.29 is 35.5 Å². The van der Waals surface area contributed by atoms with Crippen LogP contribution in [0.4, 0.5) is 41.3 Å². The van der Waals surface area contributed by atoms with E-state index < -0.39 is 41.2 Å². The van der Waals surface area contributed by atoms with Gasteiger partial charge in [0.15, 0.2) is 17.0 Å². The van der Waals surface area contributed by atoms with Gasteiger partial charge in [0.25, 0.3) is 0 Å². The summed E-state index contributed by atoms with van der Waals surface area (Å²) >= 11 is 0. The number of nitrogens with zero attached hydrogens (tertiary/aromatic N) is 4. The molecule has 1 aliphatic rings. The zero-order chi connectivity index (χ0) is 26.3. The molecule has 3 aromatic rings. The van der Waals surface area contributed by atoms with Gasteiger partial charge < -0.3 is 16.0 Å². The number of aromatic nitrogens is 3. The van der Waals surface area contributed by atoms with E-state index in [1.807, 2.05) is 0 Å². The number of benzene rings is 1. The quantitative estimate of drug-likeness (QED) is 0.471. The lowest BCUT2D eigenvalue weighted by Gasteiger charge is -2.36. The molecule has 2 aromatic heterocycles. The fourth-order valence-electron chi connectivity index (χ4n) is 4.39. The maximum atomic E-state index is 13.5. The van der Waals surface area contributed by atoms with Gasteiger partial charge in [0.2, 0.25) is 0 Å². The summed E-state index contributed by atoms with van der Waals surface area (Å²) in [5.41, 5.74) is 2.63. The molecule has 3 heterocycles. The molecule has 7 nitrogen and oxygen atoms in total. The molecule has 4 rings (SSSR count). The predicted octanol–water partition coefficient (Wildman–Crippen LogP) is 4.89. The fourth-order valence-corrected chi connectivity index (χ4v) is 4.39.